The van der Waals surface area contributed by atoms with Crippen LogP contribution in [0.2, 0.25) is 0 Å². The molecule has 1 N–H and O–H groups in total. The SMILES string of the molecule is CC(C)(C)C(O)(CN1CCOCC1)c1ccccc1.Cl. The highest BCUT2D eigenvalue weighted by Crippen LogP contribution is 2.40. The predicted molar refractivity (Wildman–Crippen MR) is 84.3 cm³/mol. The fraction of sp³-hybridized carbons (Fsp3) is 0.625. The van der Waals surface area contributed by atoms with Crippen molar-refractivity contribution in [3.05, 3.63) is 35.9 Å². The summed E-state index contributed by atoms with van der Waals surface area (Å²) in [5, 5.41) is 11.3. The number of ether oxygens (including phenoxy) is 1. The van der Waals surface area contributed by atoms with Gasteiger partial charge in [0.2, 0.25) is 0 Å². The molecule has 0 bridgehead atoms. The molecule has 0 saturated carbocycles. The van der Waals surface area contributed by atoms with Crippen LogP contribution in [0.1, 0.15) is 26.3 Å². The first kappa shape index (κ1) is 17.4. The lowest BCUT2D eigenvalue weighted by molar-refractivity contribution is -0.0997. The molecule has 1 unspecified atom stereocenters. The molecule has 1 saturated heterocycles. The predicted octanol–water partition coefficient (Wildman–Crippen LogP) is 2.67. The van der Waals surface area contributed by atoms with Crippen LogP contribution in [0.4, 0.5) is 0 Å². The Hall–Kier alpha value is -0.610. The zero-order valence-electron chi connectivity index (χ0n) is 12.6. The first-order valence-electron chi connectivity index (χ1n) is 7.01. The highest BCUT2D eigenvalue weighted by atomic mass is 35.5. The lowest BCUT2D eigenvalue weighted by Crippen LogP contribution is -2.52. The van der Waals surface area contributed by atoms with E-state index in [1.165, 1.54) is 0 Å². The molecule has 0 amide bonds. The maximum atomic E-state index is 11.3. The summed E-state index contributed by atoms with van der Waals surface area (Å²) in [6.45, 7) is 10.3. The van der Waals surface area contributed by atoms with Crippen LogP contribution in [0.5, 0.6) is 0 Å². The van der Waals surface area contributed by atoms with Gasteiger partial charge in [-0.3, -0.25) is 4.90 Å². The van der Waals surface area contributed by atoms with Crippen LogP contribution >= 0.6 is 12.4 Å². The molecule has 3 nitrogen and oxygen atoms in total. The summed E-state index contributed by atoms with van der Waals surface area (Å²) < 4.78 is 5.38. The van der Waals surface area contributed by atoms with E-state index in [1.807, 2.05) is 30.3 Å². The minimum Gasteiger partial charge on any atom is -0.383 e. The third kappa shape index (κ3) is 3.73. The number of halogens is 1. The largest absolute Gasteiger partial charge is 0.383 e. The molecule has 1 heterocycles. The van der Waals surface area contributed by atoms with Crippen molar-refractivity contribution in [3.63, 3.8) is 0 Å². The van der Waals surface area contributed by atoms with Gasteiger partial charge in [0.1, 0.15) is 5.60 Å². The minimum absolute atomic E-state index is 0. The summed E-state index contributed by atoms with van der Waals surface area (Å²) in [6.07, 6.45) is 0. The maximum Gasteiger partial charge on any atom is 0.107 e. The van der Waals surface area contributed by atoms with Gasteiger partial charge < -0.3 is 9.84 Å². The first-order chi connectivity index (χ1) is 8.93. The average Bonchev–Trinajstić information content (AvgIpc) is 2.39. The van der Waals surface area contributed by atoms with Gasteiger partial charge in [-0.2, -0.15) is 0 Å². The second-order valence-electron chi connectivity index (χ2n) is 6.36. The van der Waals surface area contributed by atoms with Gasteiger partial charge in [-0.1, -0.05) is 51.1 Å². The average molecular weight is 300 g/mol. The van der Waals surface area contributed by atoms with Crippen molar-refractivity contribution in [1.82, 2.24) is 4.90 Å². The fourth-order valence-electron chi connectivity index (χ4n) is 2.56. The lowest BCUT2D eigenvalue weighted by atomic mass is 9.72. The molecule has 1 aromatic rings. The summed E-state index contributed by atoms with van der Waals surface area (Å²) in [5.74, 6) is 0. The van der Waals surface area contributed by atoms with E-state index >= 15 is 0 Å². The fourth-order valence-corrected chi connectivity index (χ4v) is 2.56. The molecule has 20 heavy (non-hydrogen) atoms. The normalized spacial score (nSPS) is 20.0. The number of β-amino-alcohol motifs (C(OH)–C–C–N with tert-alkyl or cyclic N) is 1. The second kappa shape index (κ2) is 6.90. The molecule has 2 rings (SSSR count). The highest BCUT2D eigenvalue weighted by Gasteiger charge is 2.42. The van der Waals surface area contributed by atoms with Crippen LogP contribution in [0, 0.1) is 5.41 Å². The molecule has 1 aliphatic heterocycles. The summed E-state index contributed by atoms with van der Waals surface area (Å²) in [6, 6.07) is 10.0. The van der Waals surface area contributed by atoms with Gasteiger partial charge in [0.25, 0.3) is 0 Å². The van der Waals surface area contributed by atoms with Crippen molar-refractivity contribution >= 4 is 12.4 Å². The van der Waals surface area contributed by atoms with Crippen molar-refractivity contribution in [3.8, 4) is 0 Å². The number of benzene rings is 1. The lowest BCUT2D eigenvalue weighted by Gasteiger charge is -2.44. The van der Waals surface area contributed by atoms with Crippen molar-refractivity contribution in [2.45, 2.75) is 26.4 Å². The van der Waals surface area contributed by atoms with E-state index in [1.54, 1.807) is 0 Å². The summed E-state index contributed by atoms with van der Waals surface area (Å²) >= 11 is 0. The standard InChI is InChI=1S/C16H25NO2.ClH/c1-15(2,3)16(18,14-7-5-4-6-8-14)13-17-9-11-19-12-10-17;/h4-8,18H,9-13H2,1-3H3;1H. The Kier molecular flexibility index (Phi) is 6.02. The number of morpholine rings is 1. The molecule has 0 spiro atoms. The molecule has 4 heteroatoms. The zero-order chi connectivity index (χ0) is 13.9. The van der Waals surface area contributed by atoms with Gasteiger partial charge in [-0.15, -0.1) is 12.4 Å². The van der Waals surface area contributed by atoms with Gasteiger partial charge in [-0.05, 0) is 11.0 Å². The van der Waals surface area contributed by atoms with E-state index in [-0.39, 0.29) is 17.8 Å². The van der Waals surface area contributed by atoms with E-state index in [0.717, 1.165) is 31.9 Å². The second-order valence-corrected chi connectivity index (χ2v) is 6.36. The van der Waals surface area contributed by atoms with Crippen LogP contribution in [0.25, 0.3) is 0 Å². The molecular formula is C16H26ClNO2. The van der Waals surface area contributed by atoms with Crippen molar-refractivity contribution in [1.29, 1.82) is 0 Å². The molecule has 1 aliphatic rings. The summed E-state index contributed by atoms with van der Waals surface area (Å²) in [4.78, 5) is 2.29. The van der Waals surface area contributed by atoms with Crippen LogP contribution < -0.4 is 0 Å². The van der Waals surface area contributed by atoms with Crippen molar-refractivity contribution < 1.29 is 9.84 Å². The van der Waals surface area contributed by atoms with Gasteiger partial charge in [-0.25, -0.2) is 0 Å². The van der Waals surface area contributed by atoms with Gasteiger partial charge in [0, 0.05) is 19.6 Å². The van der Waals surface area contributed by atoms with Gasteiger partial charge >= 0.3 is 0 Å². The van der Waals surface area contributed by atoms with Crippen LogP contribution in [-0.4, -0.2) is 42.9 Å². The zero-order valence-corrected chi connectivity index (χ0v) is 13.4. The van der Waals surface area contributed by atoms with Crippen LogP contribution in [0.15, 0.2) is 30.3 Å². The Morgan fingerprint density at radius 2 is 1.65 bits per heavy atom. The van der Waals surface area contributed by atoms with Crippen molar-refractivity contribution in [2.75, 3.05) is 32.8 Å². The van der Waals surface area contributed by atoms with Crippen molar-refractivity contribution in [2.24, 2.45) is 5.41 Å². The van der Waals surface area contributed by atoms with E-state index in [4.69, 9.17) is 4.74 Å². The third-order valence-corrected chi connectivity index (χ3v) is 4.05. The Balaban J connectivity index is 0.00000200. The number of hydrogen-bond donors (Lipinski definition) is 1. The minimum atomic E-state index is -0.842. The van der Waals surface area contributed by atoms with E-state index < -0.39 is 5.60 Å². The maximum absolute atomic E-state index is 11.3. The number of hydrogen-bond acceptors (Lipinski definition) is 3. The van der Waals surface area contributed by atoms with Gasteiger partial charge in [0.15, 0.2) is 0 Å². The molecule has 0 aromatic heterocycles. The quantitative estimate of drug-likeness (QED) is 0.931. The number of nitrogens with zero attached hydrogens (tertiary/aromatic N) is 1. The van der Waals surface area contributed by atoms with E-state index in [9.17, 15) is 5.11 Å². The Bertz CT molecular complexity index is 399. The summed E-state index contributed by atoms with van der Waals surface area (Å²) in [7, 11) is 0. The molecular weight excluding hydrogens is 274 g/mol. The first-order valence-corrected chi connectivity index (χ1v) is 7.01. The molecule has 1 aromatic carbocycles. The number of aliphatic hydroxyl groups is 1. The van der Waals surface area contributed by atoms with E-state index in [0.29, 0.717) is 6.54 Å². The third-order valence-electron chi connectivity index (χ3n) is 4.05. The van der Waals surface area contributed by atoms with Gasteiger partial charge in [0.05, 0.1) is 13.2 Å². The molecule has 0 aliphatic carbocycles. The number of rotatable bonds is 3. The Morgan fingerprint density at radius 3 is 2.15 bits per heavy atom. The molecule has 114 valence electrons. The highest BCUT2D eigenvalue weighted by molar-refractivity contribution is 5.85. The molecule has 1 atom stereocenters. The topological polar surface area (TPSA) is 32.7 Å². The van der Waals surface area contributed by atoms with E-state index in [2.05, 4.69) is 25.7 Å². The smallest absolute Gasteiger partial charge is 0.107 e. The Morgan fingerprint density at radius 1 is 1.10 bits per heavy atom. The molecule has 1 fully saturated rings. The van der Waals surface area contributed by atoms with Crippen LogP contribution in [-0.2, 0) is 10.3 Å². The molecule has 0 radical (unpaired) electrons. The van der Waals surface area contributed by atoms with Crippen LogP contribution in [0.3, 0.4) is 0 Å². The Labute approximate surface area is 128 Å². The summed E-state index contributed by atoms with van der Waals surface area (Å²) in [5.41, 5.74) is -0.0628. The monoisotopic (exact) mass is 299 g/mol.